The summed E-state index contributed by atoms with van der Waals surface area (Å²) < 4.78 is 34.5. The van der Waals surface area contributed by atoms with Gasteiger partial charge < -0.3 is 19.5 Å². The van der Waals surface area contributed by atoms with Crippen LogP contribution in [0.25, 0.3) is 33.3 Å². The number of cyclic esters (lactones) is 1. The van der Waals surface area contributed by atoms with Crippen molar-refractivity contribution in [2.75, 3.05) is 33.3 Å². The molecule has 64 heavy (non-hydrogen) atoms. The summed E-state index contributed by atoms with van der Waals surface area (Å²) in [6.45, 7) is 16.2. The van der Waals surface area contributed by atoms with Gasteiger partial charge >= 0.3 is 5.97 Å². The van der Waals surface area contributed by atoms with Gasteiger partial charge in [-0.05, 0) is 84.0 Å². The lowest BCUT2D eigenvalue weighted by Crippen LogP contribution is -2.62. The summed E-state index contributed by atoms with van der Waals surface area (Å²) in [5.74, 6) is -2.56. The minimum Gasteiger partial charge on any atom is -0.464 e. The molecule has 3 amide bonds. The highest BCUT2D eigenvalue weighted by atomic mass is 32.2. The maximum Gasteiger partial charge on any atom is 0.324 e. The normalized spacial score (nSPS) is 21.4. The topological polar surface area (TPSA) is 163 Å². The average molecular weight is 894 g/mol. The molecule has 0 unspecified atom stereocenters. The number of rotatable bonds is 9. The zero-order chi connectivity index (χ0) is 46.2. The zero-order valence-electron chi connectivity index (χ0n) is 38.4. The zero-order valence-corrected chi connectivity index (χ0v) is 39.2. The SMILES string of the molecule is C=CS(=O)(=O)N1CC[C@H](C(=O)N(C)[C@H](C(=O)N[C@H]2Cc3cccc(c3)-c3ccc4c(c3)c(c(-c3cccnc3C(C)C)n4C)CC(C)(C)COC(=O)[C@@H]3CCCN(N3)C2=O)C(C)C)C1. The Morgan fingerprint density at radius 2 is 1.78 bits per heavy atom. The van der Waals surface area contributed by atoms with Gasteiger partial charge in [0.25, 0.3) is 5.91 Å². The lowest BCUT2D eigenvalue weighted by molar-refractivity contribution is -0.155. The molecule has 2 fully saturated rings. The van der Waals surface area contributed by atoms with Crippen molar-refractivity contribution in [1.82, 2.24) is 34.5 Å². The van der Waals surface area contributed by atoms with Crippen molar-refractivity contribution in [1.29, 1.82) is 0 Å². The highest BCUT2D eigenvalue weighted by Gasteiger charge is 2.41. The number of carbonyl (C=O) groups is 4. The Bertz CT molecular complexity index is 2570. The highest BCUT2D eigenvalue weighted by molar-refractivity contribution is 7.92. The van der Waals surface area contributed by atoms with Gasteiger partial charge in [0.2, 0.25) is 21.8 Å². The molecule has 5 heterocycles. The summed E-state index contributed by atoms with van der Waals surface area (Å²) >= 11 is 0. The van der Waals surface area contributed by atoms with Gasteiger partial charge in [0, 0.05) is 73.6 Å². The van der Waals surface area contributed by atoms with Crippen LogP contribution in [0.15, 0.2) is 72.8 Å². The minimum absolute atomic E-state index is 0.00755. The fourth-order valence-electron chi connectivity index (χ4n) is 9.69. The number of carbonyl (C=O) groups excluding carboxylic acids is 4. The van der Waals surface area contributed by atoms with Crippen molar-refractivity contribution in [2.45, 2.75) is 97.7 Å². The largest absolute Gasteiger partial charge is 0.464 e. The number of pyridine rings is 1. The third-order valence-corrected chi connectivity index (χ3v) is 14.5. The van der Waals surface area contributed by atoms with E-state index < -0.39 is 57.3 Å². The Hall–Kier alpha value is -5.38. The lowest BCUT2D eigenvalue weighted by Gasteiger charge is -2.37. The molecule has 2 aromatic carbocycles. The molecule has 0 aliphatic carbocycles. The quantitative estimate of drug-likeness (QED) is 0.193. The first-order valence-electron chi connectivity index (χ1n) is 22.4. The van der Waals surface area contributed by atoms with E-state index in [9.17, 15) is 27.6 Å². The number of ether oxygens (including phenoxy) is 1. The average Bonchev–Trinajstić information content (AvgIpc) is 3.88. The van der Waals surface area contributed by atoms with Crippen LogP contribution >= 0.6 is 0 Å². The van der Waals surface area contributed by atoms with E-state index in [-0.39, 0.29) is 43.9 Å². The number of benzene rings is 2. The molecule has 2 saturated heterocycles. The summed E-state index contributed by atoms with van der Waals surface area (Å²) in [4.78, 5) is 63.1. The van der Waals surface area contributed by atoms with Gasteiger partial charge in [-0.3, -0.25) is 29.2 Å². The Morgan fingerprint density at radius 1 is 1.03 bits per heavy atom. The van der Waals surface area contributed by atoms with Gasteiger partial charge in [-0.15, -0.1) is 0 Å². The molecule has 2 aromatic heterocycles. The second-order valence-corrected chi connectivity index (χ2v) is 21.0. The van der Waals surface area contributed by atoms with Crippen LogP contribution in [0.1, 0.15) is 83.5 Å². The van der Waals surface area contributed by atoms with E-state index >= 15 is 0 Å². The van der Waals surface area contributed by atoms with Crippen LogP contribution in [0.3, 0.4) is 0 Å². The first-order chi connectivity index (χ1) is 30.3. The van der Waals surface area contributed by atoms with E-state index in [0.717, 1.165) is 55.5 Å². The summed E-state index contributed by atoms with van der Waals surface area (Å²) in [5.41, 5.74) is 10.7. The molecule has 4 aromatic rings. The summed E-state index contributed by atoms with van der Waals surface area (Å²) in [7, 11) is -0.0687. The molecule has 15 heteroatoms. The summed E-state index contributed by atoms with van der Waals surface area (Å²) in [6, 6.07) is 15.7. The Balaban J connectivity index is 1.27. The van der Waals surface area contributed by atoms with E-state index in [1.807, 2.05) is 50.4 Å². The standard InChI is InChI=1S/C49H63N7O7S/c1-10-64(61,62)55-23-20-35(28-55)46(58)54(9)43(31(4)5)45(57)51-40-25-32-14-11-15-33(24-32)34-18-19-41-37(26-34)38(44(53(41)8)36-16-12-21-50-42(36)30(2)3)27-49(6,7)29-63-48(60)39-17-13-22-56(52-39)47(40)59/h10-12,14-16,18-19,21,24,26,30-31,35,39-40,43,52H,1,13,17,20,22-23,25,27-29H2,2-9H3,(H,51,57)/t35-,39-,40-,43-/m0/s1. The monoisotopic (exact) mass is 893 g/mol. The first kappa shape index (κ1) is 46.6. The smallest absolute Gasteiger partial charge is 0.324 e. The minimum atomic E-state index is -3.71. The highest BCUT2D eigenvalue weighted by Crippen LogP contribution is 2.41. The molecule has 0 radical (unpaired) electrons. The number of hydrazine groups is 1. The van der Waals surface area contributed by atoms with Crippen LogP contribution in [0, 0.1) is 17.3 Å². The molecule has 342 valence electrons. The number of likely N-dealkylation sites (N-methyl/N-ethyl adjacent to an activating group) is 1. The Labute approximate surface area is 377 Å². The number of hydrogen-bond acceptors (Lipinski definition) is 9. The Kier molecular flexibility index (Phi) is 13.6. The van der Waals surface area contributed by atoms with Gasteiger partial charge in [-0.25, -0.2) is 13.8 Å². The second-order valence-electron chi connectivity index (χ2n) is 19.1. The molecule has 6 bridgehead atoms. The van der Waals surface area contributed by atoms with Crippen LogP contribution in [0.2, 0.25) is 0 Å². The van der Waals surface area contributed by atoms with Crippen LogP contribution in [0.5, 0.6) is 0 Å². The number of nitrogens with one attached hydrogen (secondary N) is 2. The molecular weight excluding hydrogens is 831 g/mol. The number of fused-ring (bicyclic) bond motifs is 6. The molecular formula is C49H63N7O7S. The first-order valence-corrected chi connectivity index (χ1v) is 23.9. The lowest BCUT2D eigenvalue weighted by atomic mass is 9.84. The predicted molar refractivity (Wildman–Crippen MR) is 248 cm³/mol. The predicted octanol–water partition coefficient (Wildman–Crippen LogP) is 5.96. The maximum atomic E-state index is 14.7. The fourth-order valence-corrected chi connectivity index (χ4v) is 10.6. The van der Waals surface area contributed by atoms with E-state index in [1.165, 1.54) is 14.2 Å². The van der Waals surface area contributed by atoms with Crippen LogP contribution in [0.4, 0.5) is 0 Å². The van der Waals surface area contributed by atoms with Crippen molar-refractivity contribution < 1.29 is 32.3 Å². The summed E-state index contributed by atoms with van der Waals surface area (Å²) in [6.07, 6.45) is 3.89. The number of hydrogen-bond donors (Lipinski definition) is 2. The van der Waals surface area contributed by atoms with Gasteiger partial charge in [-0.2, -0.15) is 4.31 Å². The van der Waals surface area contributed by atoms with Gasteiger partial charge in [-0.1, -0.05) is 78.5 Å². The van der Waals surface area contributed by atoms with Gasteiger partial charge in [0.05, 0.1) is 23.9 Å². The number of nitrogens with zero attached hydrogens (tertiary/aromatic N) is 5. The third-order valence-electron chi connectivity index (χ3n) is 13.0. The molecule has 7 rings (SSSR count). The van der Waals surface area contributed by atoms with Crippen LogP contribution < -0.4 is 10.7 Å². The number of esters is 1. The molecule has 14 nitrogen and oxygen atoms in total. The fraction of sp³-hybridized carbons (Fsp3) is 0.490. The van der Waals surface area contributed by atoms with Crippen molar-refractivity contribution >= 4 is 44.6 Å². The number of aryl methyl sites for hydroxylation is 1. The molecule has 3 aliphatic rings. The number of amides is 3. The van der Waals surface area contributed by atoms with Crippen LogP contribution in [-0.2, 0) is 53.8 Å². The molecule has 0 spiro atoms. The van der Waals surface area contributed by atoms with Gasteiger partial charge in [0.1, 0.15) is 18.1 Å². The van der Waals surface area contributed by atoms with E-state index in [1.54, 1.807) is 7.05 Å². The van der Waals surface area contributed by atoms with E-state index in [4.69, 9.17) is 9.72 Å². The molecule has 0 saturated carbocycles. The molecule has 4 atom stereocenters. The Morgan fingerprint density at radius 3 is 2.50 bits per heavy atom. The summed E-state index contributed by atoms with van der Waals surface area (Å²) in [5, 5.41) is 6.39. The third kappa shape index (κ3) is 9.52. The van der Waals surface area contributed by atoms with Gasteiger partial charge in [0.15, 0.2) is 0 Å². The number of aromatic nitrogens is 2. The second kappa shape index (κ2) is 18.6. The van der Waals surface area contributed by atoms with Crippen molar-refractivity contribution in [3.8, 4) is 22.4 Å². The molecule has 3 aliphatic heterocycles. The maximum absolute atomic E-state index is 14.7. The van der Waals surface area contributed by atoms with E-state index in [2.05, 4.69) is 80.9 Å². The van der Waals surface area contributed by atoms with Crippen molar-refractivity contribution in [2.24, 2.45) is 24.3 Å². The van der Waals surface area contributed by atoms with Crippen molar-refractivity contribution in [3.63, 3.8) is 0 Å². The van der Waals surface area contributed by atoms with Crippen LogP contribution in [-0.4, -0.2) is 107 Å². The van der Waals surface area contributed by atoms with E-state index in [0.29, 0.717) is 32.2 Å². The van der Waals surface area contributed by atoms with Crippen molar-refractivity contribution in [3.05, 3.63) is 89.6 Å². The number of sulfonamides is 1. The molecule has 2 N–H and O–H groups in total.